The summed E-state index contributed by atoms with van der Waals surface area (Å²) in [5.74, 6) is 0.752. The number of aliphatic imine (C=N–C) groups is 1. The van der Waals surface area contributed by atoms with Gasteiger partial charge in [-0.3, -0.25) is 9.79 Å². The maximum atomic E-state index is 13.8. The Morgan fingerprint density at radius 2 is 1.76 bits per heavy atom. The summed E-state index contributed by atoms with van der Waals surface area (Å²) in [6.07, 6.45) is 4.69. The number of nitrogens with zero attached hydrogens (tertiary/aromatic N) is 2. The van der Waals surface area contributed by atoms with Crippen molar-refractivity contribution in [2.45, 2.75) is 108 Å². The minimum Gasteiger partial charge on any atom is -0.390 e. The van der Waals surface area contributed by atoms with Crippen LogP contribution in [-0.4, -0.2) is 60.1 Å². The lowest BCUT2D eigenvalue weighted by Crippen LogP contribution is -2.55. The molecule has 0 saturated heterocycles. The van der Waals surface area contributed by atoms with Crippen molar-refractivity contribution in [3.63, 3.8) is 0 Å². The Morgan fingerprint density at radius 1 is 1.13 bits per heavy atom. The molecule has 0 bridgehead atoms. The number of rotatable bonds is 8. The third-order valence-corrected chi connectivity index (χ3v) is 13.3. The second kappa shape index (κ2) is 10.3. The molecular formula is C30H46N4O3Si. The topological polar surface area (TPSA) is 94.0 Å². The molecule has 38 heavy (non-hydrogen) atoms. The SMILES string of the molecule is CCC(O)(CC)C[C@@H](NC(=O)N1CC2=C(CN=C2NC(=O)C2([Si](C)(C)C)CCC2)C1(C)C)c1ccccc1. The Bertz CT molecular complexity index is 1130. The Kier molecular flexibility index (Phi) is 7.71. The van der Waals surface area contributed by atoms with Crippen molar-refractivity contribution in [3.8, 4) is 0 Å². The van der Waals surface area contributed by atoms with Crippen LogP contribution in [0.15, 0.2) is 46.5 Å². The lowest BCUT2D eigenvalue weighted by Gasteiger charge is -2.49. The van der Waals surface area contributed by atoms with Crippen molar-refractivity contribution < 1.29 is 14.7 Å². The minimum absolute atomic E-state index is 0.110. The molecule has 0 aromatic heterocycles. The van der Waals surface area contributed by atoms with Gasteiger partial charge in [-0.05, 0) is 50.7 Å². The molecule has 3 amide bonds. The van der Waals surface area contributed by atoms with Crippen molar-refractivity contribution in [2.24, 2.45) is 4.99 Å². The molecule has 0 spiro atoms. The van der Waals surface area contributed by atoms with Gasteiger partial charge in [0.25, 0.3) is 0 Å². The fourth-order valence-electron chi connectivity index (χ4n) is 6.34. The summed E-state index contributed by atoms with van der Waals surface area (Å²) in [5.41, 5.74) is 1.65. The summed E-state index contributed by atoms with van der Waals surface area (Å²) in [4.78, 5) is 33.9. The predicted octanol–water partition coefficient (Wildman–Crippen LogP) is 5.56. The molecule has 3 N–H and O–H groups in total. The van der Waals surface area contributed by atoms with Crippen molar-refractivity contribution in [1.29, 1.82) is 0 Å². The van der Waals surface area contributed by atoms with Gasteiger partial charge in [-0.2, -0.15) is 0 Å². The maximum Gasteiger partial charge on any atom is 0.318 e. The zero-order chi connectivity index (χ0) is 27.9. The number of carbonyl (C=O) groups excluding carboxylic acids is 2. The molecule has 3 aliphatic rings. The highest BCUT2D eigenvalue weighted by Crippen LogP contribution is 2.55. The van der Waals surface area contributed by atoms with Crippen LogP contribution in [0.2, 0.25) is 24.7 Å². The Balaban J connectivity index is 1.51. The summed E-state index contributed by atoms with van der Waals surface area (Å²) in [7, 11) is -1.71. The van der Waals surface area contributed by atoms with Gasteiger partial charge in [0.1, 0.15) is 5.84 Å². The molecule has 0 unspecified atom stereocenters. The van der Waals surface area contributed by atoms with Crippen LogP contribution in [0, 0.1) is 0 Å². The standard InChI is InChI=1S/C30H46N4O3Si/c1-8-29(37,9-2)18-24(21-14-11-10-12-15-21)32-27(36)34-20-22-23(28(34,3)4)19-31-25(22)33-26(35)30(16-13-17-30)38(5,6)7/h10-12,14-15,24,37H,8-9,13,16-20H2,1-7H3,(H,32,36)(H,31,33,35)/t24-/m1/s1. The maximum absolute atomic E-state index is 13.8. The predicted molar refractivity (Wildman–Crippen MR) is 156 cm³/mol. The number of carbonyl (C=O) groups is 2. The minimum atomic E-state index is -1.71. The first-order chi connectivity index (χ1) is 17.8. The molecule has 1 atom stereocenters. The highest BCUT2D eigenvalue weighted by Gasteiger charge is 2.54. The van der Waals surface area contributed by atoms with Crippen LogP contribution in [0.1, 0.15) is 77.8 Å². The quantitative estimate of drug-likeness (QED) is 0.378. The number of hydrogen-bond donors (Lipinski definition) is 3. The average Bonchev–Trinajstić information content (AvgIpc) is 3.35. The molecule has 2 heterocycles. The first-order valence-electron chi connectivity index (χ1n) is 14.2. The van der Waals surface area contributed by atoms with E-state index >= 15 is 0 Å². The summed E-state index contributed by atoms with van der Waals surface area (Å²) >= 11 is 0. The van der Waals surface area contributed by atoms with E-state index in [2.05, 4.69) is 44.1 Å². The van der Waals surface area contributed by atoms with Gasteiger partial charge in [0.15, 0.2) is 0 Å². The van der Waals surface area contributed by atoms with Crippen LogP contribution >= 0.6 is 0 Å². The molecule has 8 heteroatoms. The molecule has 2 aliphatic heterocycles. The molecule has 1 saturated carbocycles. The number of benzene rings is 1. The third-order valence-electron chi connectivity index (χ3n) is 9.73. The number of amidine groups is 1. The monoisotopic (exact) mass is 538 g/mol. The summed E-state index contributed by atoms with van der Waals surface area (Å²) in [6.45, 7) is 15.8. The van der Waals surface area contributed by atoms with Crippen molar-refractivity contribution in [3.05, 3.63) is 47.0 Å². The lowest BCUT2D eigenvalue weighted by atomic mass is 9.83. The number of urea groups is 1. The average molecular weight is 539 g/mol. The van der Waals surface area contributed by atoms with Gasteiger partial charge in [-0.25, -0.2) is 4.79 Å². The zero-order valence-corrected chi connectivity index (χ0v) is 25.3. The largest absolute Gasteiger partial charge is 0.390 e. The molecule has 208 valence electrons. The lowest BCUT2D eigenvalue weighted by molar-refractivity contribution is -0.125. The van der Waals surface area contributed by atoms with Gasteiger partial charge in [0, 0.05) is 17.0 Å². The summed E-state index contributed by atoms with van der Waals surface area (Å²) < 4.78 is 0. The second-order valence-corrected chi connectivity index (χ2v) is 18.4. The van der Waals surface area contributed by atoms with Gasteiger partial charge in [0.05, 0.1) is 38.3 Å². The van der Waals surface area contributed by atoms with E-state index < -0.39 is 19.2 Å². The molecule has 1 aromatic carbocycles. The van der Waals surface area contributed by atoms with Crippen molar-refractivity contribution in [2.75, 3.05) is 13.1 Å². The van der Waals surface area contributed by atoms with E-state index in [4.69, 9.17) is 4.99 Å². The summed E-state index contributed by atoms with van der Waals surface area (Å²) in [6, 6.07) is 9.39. The molecule has 4 rings (SSSR count). The third kappa shape index (κ3) is 4.97. The van der Waals surface area contributed by atoms with Crippen LogP contribution in [0.4, 0.5) is 4.79 Å². The number of aliphatic hydroxyl groups is 1. The molecule has 1 fully saturated rings. The smallest absolute Gasteiger partial charge is 0.318 e. The molecular weight excluding hydrogens is 492 g/mol. The Morgan fingerprint density at radius 3 is 2.29 bits per heavy atom. The van der Waals surface area contributed by atoms with E-state index in [0.717, 1.165) is 36.0 Å². The second-order valence-electron chi connectivity index (χ2n) is 13.0. The van der Waals surface area contributed by atoms with Gasteiger partial charge in [0.2, 0.25) is 5.91 Å². The van der Waals surface area contributed by atoms with Gasteiger partial charge in [-0.1, -0.05) is 70.2 Å². The highest BCUT2D eigenvalue weighted by molar-refractivity contribution is 6.82. The van der Waals surface area contributed by atoms with E-state index in [9.17, 15) is 14.7 Å². The van der Waals surface area contributed by atoms with Crippen molar-refractivity contribution in [1.82, 2.24) is 15.5 Å². The Hall–Kier alpha value is -2.45. The fraction of sp³-hybridized carbons (Fsp3) is 0.633. The van der Waals surface area contributed by atoms with E-state index in [1.807, 2.05) is 49.1 Å². The molecule has 0 radical (unpaired) electrons. The molecule has 1 aliphatic carbocycles. The van der Waals surface area contributed by atoms with Gasteiger partial charge >= 0.3 is 6.03 Å². The zero-order valence-electron chi connectivity index (χ0n) is 24.3. The first kappa shape index (κ1) is 28.6. The Labute approximate surface area is 229 Å². The molecule has 1 aromatic rings. The van der Waals surface area contributed by atoms with Gasteiger partial charge < -0.3 is 20.6 Å². The van der Waals surface area contributed by atoms with Crippen LogP contribution < -0.4 is 10.6 Å². The normalized spacial score (nSPS) is 20.9. The van der Waals surface area contributed by atoms with Crippen LogP contribution in [-0.2, 0) is 4.79 Å². The van der Waals surface area contributed by atoms with Crippen molar-refractivity contribution >= 4 is 25.8 Å². The fourth-order valence-corrected chi connectivity index (χ4v) is 8.94. The van der Waals surface area contributed by atoms with E-state index in [-0.39, 0.29) is 23.0 Å². The number of hydrogen-bond acceptors (Lipinski definition) is 4. The van der Waals surface area contributed by atoms with Crippen LogP contribution in [0.5, 0.6) is 0 Å². The van der Waals surface area contributed by atoms with Crippen LogP contribution in [0.25, 0.3) is 0 Å². The van der Waals surface area contributed by atoms with E-state index in [1.54, 1.807) is 0 Å². The molecule has 7 nitrogen and oxygen atoms in total. The first-order valence-corrected chi connectivity index (χ1v) is 17.7. The highest BCUT2D eigenvalue weighted by atomic mass is 28.3. The van der Waals surface area contributed by atoms with E-state index in [0.29, 0.717) is 38.2 Å². The van der Waals surface area contributed by atoms with E-state index in [1.165, 1.54) is 0 Å². The number of amides is 3. The van der Waals surface area contributed by atoms with Crippen LogP contribution in [0.3, 0.4) is 0 Å². The van der Waals surface area contributed by atoms with Gasteiger partial charge in [-0.15, -0.1) is 0 Å². The number of nitrogens with one attached hydrogen (secondary N) is 2. The summed E-state index contributed by atoms with van der Waals surface area (Å²) in [5, 5.41) is 17.3.